The van der Waals surface area contributed by atoms with Gasteiger partial charge >= 0.3 is 12.1 Å². The van der Waals surface area contributed by atoms with Crippen molar-refractivity contribution in [1.29, 1.82) is 0 Å². The Kier molecular flexibility index (Phi) is 13.8. The number of hydrogen-bond donors (Lipinski definition) is 3. The monoisotopic (exact) mass is 882 g/mol. The van der Waals surface area contributed by atoms with Crippen molar-refractivity contribution in [1.82, 2.24) is 28.8 Å². The summed E-state index contributed by atoms with van der Waals surface area (Å²) in [5.41, 5.74) is -0.162. The summed E-state index contributed by atoms with van der Waals surface area (Å²) < 4.78 is 42.6. The third-order valence-corrected chi connectivity index (χ3v) is 26.6. The topological polar surface area (TPSA) is 199 Å². The number of methoxy groups -OCH3 is 2. The zero-order valence-corrected chi connectivity index (χ0v) is 41.6. The number of hydrogen-bond acceptors (Lipinski definition) is 13. The number of nitrogens with zero attached hydrogens (tertiary/aromatic N) is 5. The van der Waals surface area contributed by atoms with Crippen molar-refractivity contribution in [3.05, 3.63) is 28.1 Å². The Hall–Kier alpha value is -2.96. The van der Waals surface area contributed by atoms with E-state index < -0.39 is 85.4 Å². The molecule has 4 heterocycles. The highest BCUT2D eigenvalue weighted by Gasteiger charge is 2.55. The second-order valence-corrected chi connectivity index (χ2v) is 34.6. The Morgan fingerprint density at radius 3 is 1.90 bits per heavy atom. The molecular weight excluding hydrogens is 813 g/mol. The van der Waals surface area contributed by atoms with E-state index in [1.54, 1.807) is 29.4 Å². The van der Waals surface area contributed by atoms with Gasteiger partial charge in [0.2, 0.25) is 5.78 Å². The van der Waals surface area contributed by atoms with Crippen LogP contribution in [-0.4, -0.2) is 122 Å². The number of amides is 1. The van der Waals surface area contributed by atoms with E-state index in [1.807, 2.05) is 0 Å². The first kappa shape index (κ1) is 48.7. The summed E-state index contributed by atoms with van der Waals surface area (Å²) in [5, 5.41) is 24.7. The van der Waals surface area contributed by atoms with Crippen LogP contribution in [0.3, 0.4) is 0 Å². The first-order chi connectivity index (χ1) is 26.7. The summed E-state index contributed by atoms with van der Waals surface area (Å²) in [6, 6.07) is -1.74. The first-order valence-corrected chi connectivity index (χ1v) is 28.8. The van der Waals surface area contributed by atoms with Crippen molar-refractivity contribution in [2.75, 3.05) is 20.8 Å². The van der Waals surface area contributed by atoms with Gasteiger partial charge in [-0.05, 0) is 61.3 Å². The lowest BCUT2D eigenvalue weighted by Crippen LogP contribution is -2.54. The molecule has 3 aromatic rings. The fourth-order valence-electron chi connectivity index (χ4n) is 6.34. The molecule has 1 saturated heterocycles. The molecule has 3 N–H and O–H groups in total. The van der Waals surface area contributed by atoms with Crippen LogP contribution >= 0.6 is 0 Å². The van der Waals surface area contributed by atoms with Gasteiger partial charge in [-0.15, -0.1) is 0 Å². The van der Waals surface area contributed by atoms with Gasteiger partial charge in [-0.2, -0.15) is 0 Å². The number of ether oxygens (including phenoxy) is 3. The number of nitrogens with one attached hydrogen (secondary N) is 1. The van der Waals surface area contributed by atoms with Gasteiger partial charge in [0.05, 0.1) is 38.5 Å². The van der Waals surface area contributed by atoms with E-state index >= 15 is 0 Å². The van der Waals surface area contributed by atoms with Gasteiger partial charge < -0.3 is 43.0 Å². The van der Waals surface area contributed by atoms with E-state index in [0.717, 1.165) is 18.6 Å². The van der Waals surface area contributed by atoms with E-state index in [-0.39, 0.29) is 44.4 Å². The fourth-order valence-corrected chi connectivity index (χ4v) is 9.96. The van der Waals surface area contributed by atoms with Gasteiger partial charge in [-0.3, -0.25) is 13.9 Å². The van der Waals surface area contributed by atoms with Crippen LogP contribution in [-0.2, 0) is 39.3 Å². The number of aliphatic hydroxyl groups is 2. The zero-order valence-electron chi connectivity index (χ0n) is 38.6. The molecule has 20 heteroatoms. The van der Waals surface area contributed by atoms with Crippen LogP contribution in [0.25, 0.3) is 16.9 Å². The number of rotatable bonds is 13. The van der Waals surface area contributed by atoms with Crippen LogP contribution in [0.15, 0.2) is 11.1 Å². The third-order valence-electron chi connectivity index (χ3n) is 13.2. The summed E-state index contributed by atoms with van der Waals surface area (Å²) in [5.74, 6) is -0.928. The number of esters is 1. The normalized spacial score (nSPS) is 21.5. The first-order valence-electron chi connectivity index (χ1n) is 20.1. The van der Waals surface area contributed by atoms with Gasteiger partial charge in [-0.1, -0.05) is 62.3 Å². The SMILES string of the molecule is COC(=O)N[C@H](C(=O)OC)[C@H](O)[C@@H](O)c1c(C)nc2n(C)c3c(ncn3[C@@H]3O[C@H](CO[Si](C)(C)C(C)(C)C)[C@@H](O[Si](C)(C)C(C)(C)C)[C@H]3O[Si](C)(C)C(C)(C)C)c(=O)n12. The molecule has 4 rings (SSSR count). The Labute approximate surface area is 351 Å². The van der Waals surface area contributed by atoms with E-state index in [1.165, 1.54) is 0 Å². The Morgan fingerprint density at radius 2 is 1.41 bits per heavy atom. The van der Waals surface area contributed by atoms with Crippen molar-refractivity contribution in [3.8, 4) is 0 Å². The molecule has 1 amide bonds. The van der Waals surface area contributed by atoms with E-state index in [4.69, 9.17) is 22.8 Å². The van der Waals surface area contributed by atoms with Crippen LogP contribution < -0.4 is 10.9 Å². The number of aliphatic hydroxyl groups excluding tert-OH is 2. The van der Waals surface area contributed by atoms with Crippen molar-refractivity contribution < 1.29 is 47.3 Å². The lowest BCUT2D eigenvalue weighted by molar-refractivity contribution is -0.148. The molecule has 0 bridgehead atoms. The largest absolute Gasteiger partial charge is 0.467 e. The highest BCUT2D eigenvalue weighted by Crippen LogP contribution is 2.47. The van der Waals surface area contributed by atoms with Gasteiger partial charge in [0.15, 0.2) is 48.4 Å². The summed E-state index contributed by atoms with van der Waals surface area (Å²) in [4.78, 5) is 48.5. The molecule has 0 aromatic carbocycles. The molecule has 0 saturated carbocycles. The van der Waals surface area contributed by atoms with Crippen LogP contribution in [0.2, 0.25) is 54.4 Å². The van der Waals surface area contributed by atoms with E-state index in [2.05, 4.69) is 122 Å². The second kappa shape index (κ2) is 16.7. The Morgan fingerprint density at radius 1 is 0.881 bits per heavy atom. The van der Waals surface area contributed by atoms with Gasteiger partial charge in [0, 0.05) is 7.05 Å². The highest BCUT2D eigenvalue weighted by atomic mass is 28.4. The van der Waals surface area contributed by atoms with Crippen LogP contribution in [0.1, 0.15) is 86.0 Å². The molecular formula is C39H70N6O11Si3. The van der Waals surface area contributed by atoms with Crippen molar-refractivity contribution in [3.63, 3.8) is 0 Å². The molecule has 1 fully saturated rings. The molecule has 0 aliphatic carbocycles. The quantitative estimate of drug-likeness (QED) is 0.140. The maximum Gasteiger partial charge on any atom is 0.407 e. The fraction of sp³-hybridized carbons (Fsp3) is 0.769. The number of alkyl carbamates (subject to hydrolysis) is 1. The van der Waals surface area contributed by atoms with Crippen LogP contribution in [0.5, 0.6) is 0 Å². The number of aromatic nitrogens is 5. The molecule has 3 aromatic heterocycles. The average Bonchev–Trinajstić information content (AvgIpc) is 3.79. The van der Waals surface area contributed by atoms with Gasteiger partial charge in [-0.25, -0.2) is 24.0 Å². The summed E-state index contributed by atoms with van der Waals surface area (Å²) >= 11 is 0. The van der Waals surface area contributed by atoms with Crippen molar-refractivity contribution >= 4 is 54.0 Å². The molecule has 59 heavy (non-hydrogen) atoms. The molecule has 0 radical (unpaired) electrons. The number of carbonyl (C=O) groups is 2. The Balaban J connectivity index is 1.96. The lowest BCUT2D eigenvalue weighted by atomic mass is 10.0. The minimum absolute atomic E-state index is 0.0232. The second-order valence-electron chi connectivity index (χ2n) is 20.3. The highest BCUT2D eigenvalue weighted by molar-refractivity contribution is 6.75. The third kappa shape index (κ3) is 9.30. The lowest BCUT2D eigenvalue weighted by Gasteiger charge is -2.44. The van der Waals surface area contributed by atoms with Crippen LogP contribution in [0, 0.1) is 6.92 Å². The minimum atomic E-state index is -2.52. The predicted octanol–water partition coefficient (Wildman–Crippen LogP) is 5.68. The summed E-state index contributed by atoms with van der Waals surface area (Å²) in [7, 11) is -3.35. The van der Waals surface area contributed by atoms with Crippen molar-refractivity contribution in [2.24, 2.45) is 7.05 Å². The molecule has 17 nitrogen and oxygen atoms in total. The average molecular weight is 883 g/mol. The zero-order chi connectivity index (χ0) is 45.2. The molecule has 1 aliphatic rings. The number of imidazole rings is 2. The molecule has 7 atom stereocenters. The maximum absolute atomic E-state index is 14.5. The van der Waals surface area contributed by atoms with Crippen molar-refractivity contribution in [2.45, 2.75) is 166 Å². The van der Waals surface area contributed by atoms with Crippen LogP contribution in [0.4, 0.5) is 4.79 Å². The Bertz CT molecular complexity index is 2080. The minimum Gasteiger partial charge on any atom is -0.467 e. The van der Waals surface area contributed by atoms with E-state index in [9.17, 15) is 24.6 Å². The van der Waals surface area contributed by atoms with Gasteiger partial charge in [0.25, 0.3) is 5.56 Å². The standard InChI is InChI=1S/C39H70N6O11Si3/c1-22-26(28(47)27(46)24(34(49)51-12)42-36(50)52-13)45-32(48)25-31(43(11)35(45)41-22)44(21-40-25)33-30(56-59(18,19)39(8,9)10)29(55-58(16,17)38(5,6)7)23(54-33)20-53-57(14,15)37(2,3)4/h21,23-24,27-30,33,46-47H,20H2,1-19H3,(H,42,50)/t23-,24+,27+,28+,29-,30-,33-/m1/s1. The molecule has 0 unspecified atom stereocenters. The molecule has 1 aliphatic heterocycles. The van der Waals surface area contributed by atoms with E-state index in [0.29, 0.717) is 5.65 Å². The predicted molar refractivity (Wildman–Crippen MR) is 232 cm³/mol. The maximum atomic E-state index is 14.5. The van der Waals surface area contributed by atoms with Gasteiger partial charge in [0.1, 0.15) is 30.5 Å². The summed E-state index contributed by atoms with van der Waals surface area (Å²) in [6.07, 6.45) is -5.86. The smallest absolute Gasteiger partial charge is 0.407 e. The molecule has 334 valence electrons. The molecule has 0 spiro atoms. The number of aryl methyl sites for hydroxylation is 2. The summed E-state index contributed by atoms with van der Waals surface area (Å²) in [6.45, 7) is 34.8. The number of fused-ring (bicyclic) bond motifs is 2. The number of carbonyl (C=O) groups excluding carboxylic acids is 2.